The maximum atomic E-state index is 14.2. The highest BCUT2D eigenvalue weighted by Crippen LogP contribution is 2.39. The van der Waals surface area contributed by atoms with Gasteiger partial charge < -0.3 is 50.8 Å². The smallest absolute Gasteiger partial charge is 0.246 e. The Morgan fingerprint density at radius 1 is 0.882 bits per heavy atom. The summed E-state index contributed by atoms with van der Waals surface area (Å²) >= 11 is 1.58. The minimum atomic E-state index is -0.887. The van der Waals surface area contributed by atoms with Gasteiger partial charge >= 0.3 is 0 Å². The third-order valence-electron chi connectivity index (χ3n) is 15.1. The number of anilines is 3. The van der Waals surface area contributed by atoms with E-state index in [-0.39, 0.29) is 49.5 Å². The van der Waals surface area contributed by atoms with E-state index in [9.17, 15) is 24.6 Å². The molecule has 9 rings (SSSR count). The predicted molar refractivity (Wildman–Crippen MR) is 294 cm³/mol. The van der Waals surface area contributed by atoms with Crippen molar-refractivity contribution in [1.29, 1.82) is 0 Å². The van der Waals surface area contributed by atoms with E-state index < -0.39 is 23.6 Å². The Morgan fingerprint density at radius 3 is 2.32 bits per heavy atom. The van der Waals surface area contributed by atoms with Crippen molar-refractivity contribution < 1.29 is 34.1 Å². The number of phenolic OH excluding ortho intramolecular Hbond substituents is 1. The highest BCUT2D eigenvalue weighted by Gasteiger charge is 2.45. The molecule has 4 aliphatic heterocycles. The van der Waals surface area contributed by atoms with Gasteiger partial charge in [-0.1, -0.05) is 57.2 Å². The summed E-state index contributed by atoms with van der Waals surface area (Å²) in [6.07, 6.45) is 5.05. The Kier molecular flexibility index (Phi) is 17.8. The van der Waals surface area contributed by atoms with Crippen LogP contribution in [0.3, 0.4) is 0 Å². The first kappa shape index (κ1) is 54.5. The molecule has 20 heteroatoms. The van der Waals surface area contributed by atoms with Gasteiger partial charge in [0, 0.05) is 107 Å². The molecule has 76 heavy (non-hydrogen) atoms. The molecule has 2 unspecified atom stereocenters. The Bertz CT molecular complexity index is 2750. The first-order valence-corrected chi connectivity index (χ1v) is 27.6. The number of β-amino-alcohol motifs (C(OH)–C–C–N with tert-alkyl or cyclic N) is 1. The molecule has 4 saturated heterocycles. The average molecular weight is 1060 g/mol. The van der Waals surface area contributed by atoms with E-state index in [1.54, 1.807) is 23.5 Å². The van der Waals surface area contributed by atoms with Crippen LogP contribution in [0.25, 0.3) is 21.7 Å². The summed E-state index contributed by atoms with van der Waals surface area (Å²) < 4.78 is 11.9. The number of aliphatic hydroxyl groups excluding tert-OH is 1. The number of amides is 3. The molecule has 0 saturated carbocycles. The van der Waals surface area contributed by atoms with Gasteiger partial charge in [-0.2, -0.15) is 0 Å². The van der Waals surface area contributed by atoms with E-state index in [2.05, 4.69) is 62.5 Å². The molecule has 4 fully saturated rings. The highest BCUT2D eigenvalue weighted by molar-refractivity contribution is 7.13. The van der Waals surface area contributed by atoms with E-state index in [4.69, 9.17) is 15.2 Å². The van der Waals surface area contributed by atoms with E-state index in [0.29, 0.717) is 68.7 Å². The molecule has 6 N–H and O–H groups in total. The van der Waals surface area contributed by atoms with E-state index >= 15 is 0 Å². The summed E-state index contributed by atoms with van der Waals surface area (Å²) in [5.41, 5.74) is 14.8. The molecule has 3 aromatic heterocycles. The number of carbonyl (C=O) groups is 3. The number of aromatic nitrogens is 4. The van der Waals surface area contributed by atoms with E-state index in [0.717, 1.165) is 91.5 Å². The zero-order valence-electron chi connectivity index (χ0n) is 44.3. The molecule has 4 aliphatic rings. The van der Waals surface area contributed by atoms with Crippen LogP contribution in [-0.2, 0) is 36.8 Å². The number of nitrogens with one attached hydrogen (secondary N) is 2. The second-order valence-corrected chi connectivity index (χ2v) is 22.5. The number of hydrogen-bond acceptors (Lipinski definition) is 17. The quantitative estimate of drug-likeness (QED) is 0.0638. The van der Waals surface area contributed by atoms with Crippen molar-refractivity contribution in [1.82, 2.24) is 45.5 Å². The zero-order chi connectivity index (χ0) is 53.3. The monoisotopic (exact) mass is 1060 g/mol. The number of fused-ring (bicyclic) bond motifs is 2. The number of carbonyl (C=O) groups excluding carboxylic acids is 3. The van der Waals surface area contributed by atoms with E-state index in [1.807, 2.05) is 81.9 Å². The first-order chi connectivity index (χ1) is 36.7. The SMILES string of the molecule is Cc1ncsc1-c1ccc(CNC(=O)[C@@H]2C[C@@H](O)CN2C(=O)[C@@H](NC(=O)CN2CCN(CCOCCOCCCc3cc(N4C5CCC4CN(c4cc(-c6ccccc6O)nnc4N)C5)ccn3)CC2)C(C)(C)C)cc1. The molecule has 0 spiro atoms. The molecule has 406 valence electrons. The Balaban J connectivity index is 0.639. The number of likely N-dealkylation sites (tertiary alicyclic amines) is 1. The number of aliphatic hydroxyl groups is 1. The lowest BCUT2D eigenvalue weighted by molar-refractivity contribution is -0.144. The number of benzene rings is 2. The van der Waals surface area contributed by atoms with Crippen LogP contribution in [0, 0.1) is 12.3 Å². The molecular formula is C56H74N12O7S. The lowest BCUT2D eigenvalue weighted by atomic mass is 9.85. The van der Waals surface area contributed by atoms with Gasteiger partial charge in [0.25, 0.3) is 0 Å². The molecule has 5 atom stereocenters. The van der Waals surface area contributed by atoms with Gasteiger partial charge in [0.05, 0.1) is 59.9 Å². The second kappa shape index (κ2) is 24.8. The molecular weight excluding hydrogens is 985 g/mol. The van der Waals surface area contributed by atoms with Crippen molar-refractivity contribution in [3.63, 3.8) is 0 Å². The lowest BCUT2D eigenvalue weighted by Gasteiger charge is -2.43. The number of pyridine rings is 1. The van der Waals surface area contributed by atoms with Crippen molar-refractivity contribution in [2.75, 3.05) is 101 Å². The van der Waals surface area contributed by atoms with Crippen molar-refractivity contribution in [3.05, 3.63) is 95.4 Å². The highest BCUT2D eigenvalue weighted by atomic mass is 32.1. The fraction of sp³-hybridized carbons (Fsp3) is 0.518. The van der Waals surface area contributed by atoms with Crippen LogP contribution in [0.4, 0.5) is 17.2 Å². The minimum absolute atomic E-state index is 0.0215. The van der Waals surface area contributed by atoms with Crippen LogP contribution < -0.4 is 26.2 Å². The summed E-state index contributed by atoms with van der Waals surface area (Å²) in [6.45, 7) is 15.8. The molecule has 0 aliphatic carbocycles. The topological polar surface area (TPSA) is 228 Å². The van der Waals surface area contributed by atoms with Crippen molar-refractivity contribution in [3.8, 4) is 27.4 Å². The number of para-hydroxylation sites is 1. The Morgan fingerprint density at radius 2 is 1.61 bits per heavy atom. The third-order valence-corrected chi connectivity index (χ3v) is 16.1. The number of phenols is 1. The molecule has 7 heterocycles. The standard InChI is InChI=1S/C56H74N12O7S/c1-37-51(76-36-60-37)39-13-11-38(12-14-39)31-59-54(72)48-29-44(69)34-67(48)55(73)52(56(2,3)4)61-50(71)35-65-21-19-64(20-22-65)23-25-75-27-26-74-24-7-8-40-28-41(17-18-58-40)68-42-15-16-43(68)33-66(32-42)47-30-46(62-63-53(47)57)45-9-5-6-10-49(45)70/h5-6,9-14,17-18,28,30,36,42-44,48,52,69-70H,7-8,15-16,19-27,29,31-35H2,1-4H3,(H2,57,63)(H,59,72)(H,61,71)/t42?,43?,44-,48+,52-/m1/s1. The maximum absolute atomic E-state index is 14.2. The van der Waals surface area contributed by atoms with Crippen molar-refractivity contribution in [2.24, 2.45) is 5.41 Å². The number of nitrogen functional groups attached to an aromatic ring is 1. The summed E-state index contributed by atoms with van der Waals surface area (Å²) in [5.74, 6) is -0.412. The average Bonchev–Trinajstić information content (AvgIpc) is 4.11. The zero-order valence-corrected chi connectivity index (χ0v) is 45.1. The van der Waals surface area contributed by atoms with Crippen molar-refractivity contribution >= 4 is 46.3 Å². The number of nitrogens with zero attached hydrogens (tertiary/aromatic N) is 9. The number of aryl methyl sites for hydroxylation is 2. The normalized spacial score (nSPS) is 20.5. The third kappa shape index (κ3) is 13.4. The molecule has 2 bridgehead atoms. The van der Waals surface area contributed by atoms with Gasteiger partial charge in [-0.3, -0.25) is 29.2 Å². The van der Waals surface area contributed by atoms with Gasteiger partial charge in [0.1, 0.15) is 17.8 Å². The Hall–Kier alpha value is -6.29. The largest absolute Gasteiger partial charge is 0.507 e. The van der Waals surface area contributed by atoms with Crippen LogP contribution >= 0.6 is 11.3 Å². The van der Waals surface area contributed by atoms with Crippen LogP contribution in [0.2, 0.25) is 0 Å². The summed E-state index contributed by atoms with van der Waals surface area (Å²) in [5, 5.41) is 35.6. The number of nitrogens with two attached hydrogens (primary N) is 1. The second-order valence-electron chi connectivity index (χ2n) is 21.6. The molecule has 3 amide bonds. The minimum Gasteiger partial charge on any atom is -0.507 e. The summed E-state index contributed by atoms with van der Waals surface area (Å²) in [7, 11) is 0. The Labute approximate surface area is 449 Å². The summed E-state index contributed by atoms with van der Waals surface area (Å²) in [6, 6.07) is 20.3. The predicted octanol–water partition coefficient (Wildman–Crippen LogP) is 4.51. The van der Waals surface area contributed by atoms with Gasteiger partial charge in [0.2, 0.25) is 17.7 Å². The first-order valence-electron chi connectivity index (χ1n) is 26.7. The fourth-order valence-corrected chi connectivity index (χ4v) is 11.8. The number of hydrogen-bond donors (Lipinski definition) is 5. The van der Waals surface area contributed by atoms with Crippen LogP contribution in [0.1, 0.15) is 63.4 Å². The van der Waals surface area contributed by atoms with Crippen LogP contribution in [0.15, 0.2) is 78.4 Å². The molecule has 19 nitrogen and oxygen atoms in total. The van der Waals surface area contributed by atoms with Gasteiger partial charge in [0.15, 0.2) is 5.82 Å². The van der Waals surface area contributed by atoms with Crippen LogP contribution in [-0.4, -0.2) is 178 Å². The van der Waals surface area contributed by atoms with Gasteiger partial charge in [-0.25, -0.2) is 4.98 Å². The molecule has 5 aromatic rings. The van der Waals surface area contributed by atoms with Crippen LogP contribution in [0.5, 0.6) is 5.75 Å². The molecule has 0 radical (unpaired) electrons. The lowest BCUT2D eigenvalue weighted by Crippen LogP contribution is -2.59. The molecule has 2 aromatic carbocycles. The number of ether oxygens (including phenoxy) is 2. The fourth-order valence-electron chi connectivity index (χ4n) is 11.0. The number of aromatic hydroxyl groups is 1. The summed E-state index contributed by atoms with van der Waals surface area (Å²) in [4.78, 5) is 62.0. The van der Waals surface area contributed by atoms with Crippen molar-refractivity contribution in [2.45, 2.75) is 96.6 Å². The van der Waals surface area contributed by atoms with E-state index in [1.165, 1.54) is 10.6 Å². The van der Waals surface area contributed by atoms with Gasteiger partial charge in [-0.05, 0) is 79.5 Å². The maximum Gasteiger partial charge on any atom is 0.246 e. The van der Waals surface area contributed by atoms with Gasteiger partial charge in [-0.15, -0.1) is 21.5 Å². The number of thiazole rings is 1. The number of piperazine rings is 2. The number of rotatable bonds is 21.